The molecule has 0 saturated carbocycles. The minimum Gasteiger partial charge on any atom is -0.278 e. The van der Waals surface area contributed by atoms with Gasteiger partial charge in [-0.25, -0.2) is 4.39 Å². The molecule has 0 aliphatic rings. The van der Waals surface area contributed by atoms with Crippen molar-refractivity contribution in [1.29, 1.82) is 0 Å². The van der Waals surface area contributed by atoms with E-state index >= 15 is 0 Å². The summed E-state index contributed by atoms with van der Waals surface area (Å²) in [6, 6.07) is 11.1. The van der Waals surface area contributed by atoms with E-state index in [0.29, 0.717) is 10.0 Å². The Kier molecular flexibility index (Phi) is 4.18. The van der Waals surface area contributed by atoms with Gasteiger partial charge in [-0.05, 0) is 35.9 Å². The van der Waals surface area contributed by atoms with Crippen molar-refractivity contribution in [3.8, 4) is 0 Å². The largest absolute Gasteiger partial charge is 0.278 e. The molecule has 0 atom stereocenters. The monoisotopic (exact) mass is 282 g/mol. The third-order valence-electron chi connectivity index (χ3n) is 2.20. The highest BCUT2D eigenvalue weighted by atomic mass is 35.5. The lowest BCUT2D eigenvalue weighted by molar-refractivity contribution is 0.628. The van der Waals surface area contributed by atoms with Gasteiger partial charge in [-0.3, -0.25) is 5.43 Å². The van der Waals surface area contributed by atoms with Crippen LogP contribution < -0.4 is 5.43 Å². The molecule has 0 spiro atoms. The van der Waals surface area contributed by atoms with Crippen molar-refractivity contribution in [3.05, 3.63) is 63.9 Å². The van der Waals surface area contributed by atoms with Gasteiger partial charge < -0.3 is 0 Å². The fraction of sp³-hybridized carbons (Fsp3) is 0. The van der Waals surface area contributed by atoms with Gasteiger partial charge in [0.25, 0.3) is 0 Å². The lowest BCUT2D eigenvalue weighted by atomic mass is 10.2. The lowest BCUT2D eigenvalue weighted by Crippen LogP contribution is -1.90. The predicted octanol–water partition coefficient (Wildman–Crippen LogP) is 4.58. The normalized spacial score (nSPS) is 10.8. The summed E-state index contributed by atoms with van der Waals surface area (Å²) in [6.07, 6.45) is 1.59. The number of hydrogen-bond donors (Lipinski definition) is 1. The molecule has 0 saturated heterocycles. The first kappa shape index (κ1) is 12.9. The van der Waals surface area contributed by atoms with Crippen LogP contribution in [0.25, 0.3) is 0 Å². The van der Waals surface area contributed by atoms with E-state index in [0.717, 1.165) is 11.3 Å². The zero-order valence-corrected chi connectivity index (χ0v) is 10.7. The Bertz CT molecular complexity index is 568. The number of nitrogens with zero attached hydrogens (tertiary/aromatic N) is 1. The van der Waals surface area contributed by atoms with E-state index in [1.807, 2.05) is 0 Å². The minimum absolute atomic E-state index is 0.274. The zero-order valence-electron chi connectivity index (χ0n) is 9.20. The maximum atomic E-state index is 12.7. The van der Waals surface area contributed by atoms with Crippen LogP contribution in [-0.4, -0.2) is 6.21 Å². The second kappa shape index (κ2) is 5.85. The predicted molar refractivity (Wildman–Crippen MR) is 74.1 cm³/mol. The van der Waals surface area contributed by atoms with Gasteiger partial charge in [0.2, 0.25) is 0 Å². The molecule has 0 bridgehead atoms. The summed E-state index contributed by atoms with van der Waals surface area (Å²) in [7, 11) is 0. The Morgan fingerprint density at radius 3 is 2.39 bits per heavy atom. The number of hydrazone groups is 1. The van der Waals surface area contributed by atoms with Crippen molar-refractivity contribution in [2.45, 2.75) is 0 Å². The molecule has 0 unspecified atom stereocenters. The van der Waals surface area contributed by atoms with Gasteiger partial charge in [0.05, 0.1) is 21.9 Å². The van der Waals surface area contributed by atoms with E-state index in [9.17, 15) is 4.39 Å². The van der Waals surface area contributed by atoms with Crippen molar-refractivity contribution in [2.24, 2.45) is 5.10 Å². The second-order valence-electron chi connectivity index (χ2n) is 3.55. The van der Waals surface area contributed by atoms with Crippen molar-refractivity contribution in [2.75, 3.05) is 5.43 Å². The van der Waals surface area contributed by atoms with E-state index < -0.39 is 0 Å². The van der Waals surface area contributed by atoms with E-state index in [2.05, 4.69) is 10.5 Å². The van der Waals surface area contributed by atoms with Gasteiger partial charge in [-0.1, -0.05) is 35.3 Å². The van der Waals surface area contributed by atoms with Crippen LogP contribution in [0.4, 0.5) is 10.1 Å². The molecule has 0 aliphatic heterocycles. The van der Waals surface area contributed by atoms with Gasteiger partial charge >= 0.3 is 0 Å². The van der Waals surface area contributed by atoms with Gasteiger partial charge in [0.15, 0.2) is 0 Å². The van der Waals surface area contributed by atoms with E-state index in [1.165, 1.54) is 12.1 Å². The highest BCUT2D eigenvalue weighted by molar-refractivity contribution is 6.42. The van der Waals surface area contributed by atoms with Gasteiger partial charge in [0, 0.05) is 0 Å². The third kappa shape index (κ3) is 3.45. The summed E-state index contributed by atoms with van der Waals surface area (Å²) < 4.78 is 12.7. The molecule has 0 heterocycles. The number of anilines is 1. The highest BCUT2D eigenvalue weighted by Gasteiger charge is 1.97. The second-order valence-corrected chi connectivity index (χ2v) is 4.36. The Morgan fingerprint density at radius 1 is 1.00 bits per heavy atom. The maximum Gasteiger partial charge on any atom is 0.123 e. The van der Waals surface area contributed by atoms with Crippen molar-refractivity contribution >= 4 is 35.1 Å². The Labute approximate surface area is 114 Å². The van der Waals surface area contributed by atoms with Crippen LogP contribution in [0.1, 0.15) is 5.56 Å². The van der Waals surface area contributed by atoms with Crippen molar-refractivity contribution in [1.82, 2.24) is 0 Å². The van der Waals surface area contributed by atoms with Crippen LogP contribution in [0, 0.1) is 5.82 Å². The van der Waals surface area contributed by atoms with Crippen LogP contribution in [0.15, 0.2) is 47.6 Å². The van der Waals surface area contributed by atoms with E-state index in [4.69, 9.17) is 23.2 Å². The molecule has 0 aliphatic carbocycles. The van der Waals surface area contributed by atoms with Gasteiger partial charge in [-0.2, -0.15) is 5.10 Å². The summed E-state index contributed by atoms with van der Waals surface area (Å²) in [5.74, 6) is -0.274. The zero-order chi connectivity index (χ0) is 13.0. The summed E-state index contributed by atoms with van der Waals surface area (Å²) in [5, 5.41) is 4.96. The van der Waals surface area contributed by atoms with Crippen LogP contribution in [0.3, 0.4) is 0 Å². The van der Waals surface area contributed by atoms with Crippen molar-refractivity contribution < 1.29 is 4.39 Å². The number of nitrogens with one attached hydrogen (secondary N) is 1. The number of benzene rings is 2. The molecule has 0 aromatic heterocycles. The summed E-state index contributed by atoms with van der Waals surface area (Å²) in [4.78, 5) is 0. The van der Waals surface area contributed by atoms with Crippen molar-refractivity contribution in [3.63, 3.8) is 0 Å². The lowest BCUT2D eigenvalue weighted by Gasteiger charge is -2.01. The van der Waals surface area contributed by atoms with Crippen LogP contribution in [0.2, 0.25) is 10.0 Å². The molecule has 0 radical (unpaired) electrons. The minimum atomic E-state index is -0.274. The molecule has 2 rings (SSSR count). The van der Waals surface area contributed by atoms with Crippen LogP contribution in [0.5, 0.6) is 0 Å². The first-order chi connectivity index (χ1) is 8.65. The molecule has 2 aromatic rings. The molecule has 1 N–H and O–H groups in total. The molecule has 2 aromatic carbocycles. The average molecular weight is 283 g/mol. The SMILES string of the molecule is Fc1ccc(/C=N/Nc2ccc(Cl)c(Cl)c2)cc1. The molecule has 5 heteroatoms. The highest BCUT2D eigenvalue weighted by Crippen LogP contribution is 2.24. The first-order valence-electron chi connectivity index (χ1n) is 5.15. The Hall–Kier alpha value is -1.58. The topological polar surface area (TPSA) is 24.4 Å². The quantitative estimate of drug-likeness (QED) is 0.647. The molecular formula is C13H9Cl2FN2. The Morgan fingerprint density at radius 2 is 1.72 bits per heavy atom. The van der Waals surface area contributed by atoms with Crippen LogP contribution in [-0.2, 0) is 0 Å². The number of rotatable bonds is 3. The fourth-order valence-electron chi connectivity index (χ4n) is 1.30. The Balaban J connectivity index is 2.02. The maximum absolute atomic E-state index is 12.7. The smallest absolute Gasteiger partial charge is 0.123 e. The summed E-state index contributed by atoms with van der Waals surface area (Å²) in [6.45, 7) is 0. The van der Waals surface area contributed by atoms with Gasteiger partial charge in [0.1, 0.15) is 5.82 Å². The standard InChI is InChI=1S/C13H9Cl2FN2/c14-12-6-5-11(7-13(12)15)18-17-8-9-1-3-10(16)4-2-9/h1-8,18H/b17-8+. The number of halogens is 3. The molecule has 2 nitrogen and oxygen atoms in total. The van der Waals surface area contributed by atoms with Crippen LogP contribution >= 0.6 is 23.2 Å². The van der Waals surface area contributed by atoms with E-state index in [1.54, 1.807) is 36.5 Å². The molecule has 0 fully saturated rings. The number of hydrogen-bond acceptors (Lipinski definition) is 2. The third-order valence-corrected chi connectivity index (χ3v) is 2.94. The molecule has 18 heavy (non-hydrogen) atoms. The van der Waals surface area contributed by atoms with E-state index in [-0.39, 0.29) is 5.82 Å². The molecule has 92 valence electrons. The molecular weight excluding hydrogens is 274 g/mol. The molecule has 0 amide bonds. The first-order valence-corrected chi connectivity index (χ1v) is 5.90. The van der Waals surface area contributed by atoms with Gasteiger partial charge in [-0.15, -0.1) is 0 Å². The fourth-order valence-corrected chi connectivity index (χ4v) is 1.59. The summed E-state index contributed by atoms with van der Waals surface area (Å²) in [5.41, 5.74) is 4.33. The average Bonchev–Trinajstić information content (AvgIpc) is 2.36. The summed E-state index contributed by atoms with van der Waals surface area (Å²) >= 11 is 11.7.